The fraction of sp³-hybridized carbons (Fsp3) is 0.745. The van der Waals surface area contributed by atoms with Crippen LogP contribution in [-0.4, -0.2) is 208 Å². The van der Waals surface area contributed by atoms with Crippen LogP contribution in [0.4, 0.5) is 13.2 Å². The largest absolute Gasteiger partial charge is 0.490 e. The third-order valence-electron chi connectivity index (χ3n) is 13.4. The molecule has 28 nitrogen and oxygen atoms in total. The summed E-state index contributed by atoms with van der Waals surface area (Å²) in [6.45, 7) is 14.8. The topological polar surface area (TPSA) is 424 Å². The van der Waals surface area contributed by atoms with Gasteiger partial charge in [-0.1, -0.05) is 67.7 Å². The van der Waals surface area contributed by atoms with Gasteiger partial charge in [0.2, 0.25) is 59.1 Å². The molecule has 468 valence electrons. The summed E-state index contributed by atoms with van der Waals surface area (Å²) in [5, 5.41) is 45.4. The van der Waals surface area contributed by atoms with Gasteiger partial charge in [-0.15, -0.1) is 0 Å². The number of rotatable bonds is 33. The number of carbonyl (C=O) groups is 12. The Hall–Kier alpha value is -7.34. The molecule has 0 aromatic rings. The molecule has 0 bridgehead atoms. The second-order valence-electron chi connectivity index (χ2n) is 20.3. The van der Waals surface area contributed by atoms with Crippen LogP contribution in [0.15, 0.2) is 4.99 Å². The van der Waals surface area contributed by atoms with E-state index in [0.29, 0.717) is 45.2 Å². The monoisotopic (exact) mass is 1180 g/mol. The minimum atomic E-state index is -5.08. The minimum absolute atomic E-state index is 0.0916. The first kappa shape index (κ1) is 74.7. The highest BCUT2D eigenvalue weighted by molar-refractivity contribution is 5.98. The summed E-state index contributed by atoms with van der Waals surface area (Å²) in [4.78, 5) is 163. The van der Waals surface area contributed by atoms with Gasteiger partial charge < -0.3 is 78.7 Å². The molecule has 82 heavy (non-hydrogen) atoms. The molecule has 0 saturated carbocycles. The van der Waals surface area contributed by atoms with Gasteiger partial charge in [-0.2, -0.15) is 13.2 Å². The van der Waals surface area contributed by atoms with Crippen molar-refractivity contribution in [2.24, 2.45) is 34.2 Å². The number of alkyl halides is 3. The first-order valence-electron chi connectivity index (χ1n) is 27.2. The summed E-state index contributed by atoms with van der Waals surface area (Å²) in [5.41, 5.74) is 11.0. The smallest absolute Gasteiger partial charge is 0.481 e. The number of likely N-dealkylation sites (N-methyl/N-ethyl adjacent to an activating group) is 3. The number of hydrogen-bond donors (Lipinski definition) is 12. The summed E-state index contributed by atoms with van der Waals surface area (Å²) >= 11 is 0. The lowest BCUT2D eigenvalue weighted by Crippen LogP contribution is -2.63. The SMILES string of the molecule is CCC[C@@H](C(=O)N[C@H](C(=O)N[C@@H](CCCN=C(N)N)C(=O)N1CCC[C@H]1C(=O)NCC)[C@@H](C)CC)N(C)C(=O)[C@@H](NC(=O)[C@H](NC(=O)[C@@H](NC(=O)CNC(=O)CN(C)C(=O)CCC(=O)O)C(C)C)[C@@H](C)CC)[C@@H](C)O.O=C(O)C(F)(F)F. The summed E-state index contributed by atoms with van der Waals surface area (Å²) < 4.78 is 31.7. The third kappa shape index (κ3) is 26.1. The number of likely N-dealkylation sites (tertiary alicyclic amines) is 1. The van der Waals surface area contributed by atoms with Gasteiger partial charge in [0.25, 0.3) is 0 Å². The summed E-state index contributed by atoms with van der Waals surface area (Å²) in [7, 11) is 2.62. The average Bonchev–Trinajstić information content (AvgIpc) is 3.99. The van der Waals surface area contributed by atoms with E-state index in [4.69, 9.17) is 26.5 Å². The van der Waals surface area contributed by atoms with E-state index in [-0.39, 0.29) is 44.1 Å². The zero-order chi connectivity index (χ0) is 63.4. The quantitative estimate of drug-likeness (QED) is 0.0200. The molecule has 0 radical (unpaired) electrons. The van der Waals surface area contributed by atoms with E-state index in [9.17, 15) is 71.0 Å². The number of aliphatic carboxylic acids is 2. The number of aliphatic hydroxyl groups is 1. The molecule has 0 aliphatic carbocycles. The predicted octanol–water partition coefficient (Wildman–Crippen LogP) is -1.58. The van der Waals surface area contributed by atoms with Crippen LogP contribution < -0.4 is 48.7 Å². The maximum Gasteiger partial charge on any atom is 0.490 e. The molecule has 0 aromatic carbocycles. The van der Waals surface area contributed by atoms with E-state index in [0.717, 1.165) is 9.80 Å². The molecule has 1 fully saturated rings. The van der Waals surface area contributed by atoms with Gasteiger partial charge in [-0.3, -0.25) is 57.7 Å². The van der Waals surface area contributed by atoms with Gasteiger partial charge in [0, 0.05) is 40.2 Å². The van der Waals surface area contributed by atoms with Crippen LogP contribution in [0.5, 0.6) is 0 Å². The van der Waals surface area contributed by atoms with Crippen LogP contribution >= 0.6 is 0 Å². The minimum Gasteiger partial charge on any atom is -0.481 e. The molecule has 1 saturated heterocycles. The Balaban J connectivity index is 0.00000874. The van der Waals surface area contributed by atoms with Crippen molar-refractivity contribution >= 4 is 77.0 Å². The average molecular weight is 1180 g/mol. The number of carboxylic acid groups (broad SMARTS) is 2. The molecule has 1 heterocycles. The van der Waals surface area contributed by atoms with Crippen LogP contribution in [0.1, 0.15) is 127 Å². The van der Waals surface area contributed by atoms with E-state index in [1.165, 1.54) is 25.9 Å². The van der Waals surface area contributed by atoms with E-state index in [2.05, 4.69) is 42.2 Å². The lowest BCUT2D eigenvalue weighted by Gasteiger charge is -2.35. The van der Waals surface area contributed by atoms with Gasteiger partial charge in [-0.05, 0) is 63.7 Å². The standard InChI is InChI=1S/C49H87N13O13.C2HF3O2/c1-12-18-32(43(70)57-39(28(7)13-2)45(72)55-31(19-16-23-53-49(50)51)47(74)62-24-17-20-33(62)42(69)52-15-4)61(11)48(75)41(30(9)63)59-46(73)40(29(8)14-3)58-44(71)38(27(5)6)56-34(64)25-54-35(65)26-60(10)36(66)21-22-37(67)68;3-2(4,5)1(6)7/h27-33,38-41,63H,12-26H2,1-11H3,(H,52,69)(H,54,65)(H,55,72)(H,56,64)(H,57,70)(H,58,71)(H,59,73)(H,67,68)(H4,50,51,53);(H,6,7)/t28-,29-,30+,31-,32-,33-,38-,39-,40+,41-;/m0./s1. The number of hydrogen-bond acceptors (Lipinski definition) is 14. The molecular weight excluding hydrogens is 1090 g/mol. The maximum absolute atomic E-state index is 14.3. The lowest BCUT2D eigenvalue weighted by molar-refractivity contribution is -0.192. The molecule has 0 aromatic heterocycles. The number of guanidine groups is 1. The van der Waals surface area contributed by atoms with E-state index in [1.807, 2.05) is 6.92 Å². The number of amides is 10. The van der Waals surface area contributed by atoms with Crippen molar-refractivity contribution in [1.29, 1.82) is 0 Å². The second kappa shape index (κ2) is 36.9. The van der Waals surface area contributed by atoms with Gasteiger partial charge in [0.1, 0.15) is 42.3 Å². The number of aliphatic imine (C=N–C) groups is 1. The summed E-state index contributed by atoms with van der Waals surface area (Å²) in [6, 6.07) is -8.44. The molecule has 0 unspecified atom stereocenters. The maximum atomic E-state index is 14.3. The molecule has 1 aliphatic rings. The van der Waals surface area contributed by atoms with Crippen LogP contribution in [0.25, 0.3) is 0 Å². The second-order valence-corrected chi connectivity index (χ2v) is 20.3. The van der Waals surface area contributed by atoms with Crippen molar-refractivity contribution in [3.8, 4) is 0 Å². The van der Waals surface area contributed by atoms with Gasteiger partial charge in [0.05, 0.1) is 25.6 Å². The van der Waals surface area contributed by atoms with Crippen molar-refractivity contribution in [3.05, 3.63) is 0 Å². The summed E-state index contributed by atoms with van der Waals surface area (Å²) in [6.07, 6.45) is -4.70. The molecule has 31 heteroatoms. The molecule has 10 atom stereocenters. The zero-order valence-electron chi connectivity index (χ0n) is 48.8. The number of nitrogens with two attached hydrogens (primary N) is 2. The Labute approximate surface area is 476 Å². The Bertz CT molecular complexity index is 2220. The Kier molecular flexibility index (Phi) is 33.6. The Morgan fingerprint density at radius 2 is 1.23 bits per heavy atom. The Morgan fingerprint density at radius 3 is 1.71 bits per heavy atom. The van der Waals surface area contributed by atoms with Crippen LogP contribution in [0.3, 0.4) is 0 Å². The fourth-order valence-electron chi connectivity index (χ4n) is 8.20. The van der Waals surface area contributed by atoms with Crippen molar-refractivity contribution in [1.82, 2.24) is 51.9 Å². The number of carbonyl (C=O) groups excluding carboxylic acids is 10. The number of nitrogens with one attached hydrogen (secondary N) is 7. The first-order valence-corrected chi connectivity index (χ1v) is 27.2. The Morgan fingerprint density at radius 1 is 0.707 bits per heavy atom. The van der Waals surface area contributed by atoms with E-state index >= 15 is 0 Å². The molecular formula is C51H88F3N13O15. The molecule has 0 spiro atoms. The lowest BCUT2D eigenvalue weighted by atomic mass is 9.95. The van der Waals surface area contributed by atoms with Gasteiger partial charge >= 0.3 is 18.1 Å². The van der Waals surface area contributed by atoms with Crippen molar-refractivity contribution < 1.29 is 86.0 Å². The van der Waals surface area contributed by atoms with Gasteiger partial charge in [-0.25, -0.2) is 4.79 Å². The number of nitrogens with zero attached hydrogens (tertiary/aromatic N) is 4. The van der Waals surface area contributed by atoms with Gasteiger partial charge in [0.15, 0.2) is 5.96 Å². The third-order valence-corrected chi connectivity index (χ3v) is 13.4. The van der Waals surface area contributed by atoms with Crippen molar-refractivity contribution in [3.63, 3.8) is 0 Å². The van der Waals surface area contributed by atoms with Crippen LogP contribution in [-0.2, 0) is 57.5 Å². The van der Waals surface area contributed by atoms with Crippen LogP contribution in [0.2, 0.25) is 0 Å². The highest BCUT2D eigenvalue weighted by atomic mass is 19.4. The summed E-state index contributed by atoms with van der Waals surface area (Å²) in [5.74, 6) is -12.4. The van der Waals surface area contributed by atoms with Crippen molar-refractivity contribution in [2.45, 2.75) is 181 Å². The first-order chi connectivity index (χ1) is 38.1. The normalized spacial score (nSPS) is 16.2. The highest BCUT2D eigenvalue weighted by Gasteiger charge is 2.42. The zero-order valence-corrected chi connectivity index (χ0v) is 48.8. The molecule has 14 N–H and O–H groups in total. The highest BCUT2D eigenvalue weighted by Crippen LogP contribution is 2.21. The number of carboxylic acids is 2. The fourth-order valence-corrected chi connectivity index (χ4v) is 8.20. The number of aliphatic hydroxyl groups excluding tert-OH is 1. The van der Waals surface area contributed by atoms with E-state index < -0.39 is 157 Å². The van der Waals surface area contributed by atoms with Crippen molar-refractivity contribution in [2.75, 3.05) is 46.8 Å². The van der Waals surface area contributed by atoms with E-state index in [1.54, 1.807) is 48.5 Å². The van der Waals surface area contributed by atoms with Crippen LogP contribution in [0, 0.1) is 17.8 Å². The molecule has 1 rings (SSSR count). The molecule has 1 aliphatic heterocycles. The molecule has 10 amide bonds. The predicted molar refractivity (Wildman–Crippen MR) is 291 cm³/mol. The number of halogens is 3.